The van der Waals surface area contributed by atoms with E-state index in [9.17, 15) is 9.59 Å². The van der Waals surface area contributed by atoms with Gasteiger partial charge in [0, 0.05) is 23.9 Å². The number of benzene rings is 1. The van der Waals surface area contributed by atoms with Crippen LogP contribution in [0, 0.1) is 6.92 Å². The third-order valence-electron chi connectivity index (χ3n) is 3.90. The molecule has 3 rings (SSSR count). The molecule has 2 aliphatic rings. The topological polar surface area (TPSA) is 61.4 Å². The van der Waals surface area contributed by atoms with Gasteiger partial charge in [0.2, 0.25) is 11.8 Å². The molecule has 1 aromatic carbocycles. The van der Waals surface area contributed by atoms with Gasteiger partial charge in [-0.15, -0.1) is 11.8 Å². The number of hydrogen-bond acceptors (Lipinski definition) is 4. The van der Waals surface area contributed by atoms with Crippen molar-refractivity contribution in [3.63, 3.8) is 0 Å². The molecule has 5 nitrogen and oxygen atoms in total. The number of hydrogen-bond donors (Lipinski definition) is 2. The number of nitrogens with one attached hydrogen (secondary N) is 2. The van der Waals surface area contributed by atoms with Crippen LogP contribution in [0.15, 0.2) is 24.3 Å². The number of rotatable bonds is 3. The van der Waals surface area contributed by atoms with Crippen LogP contribution in [0.4, 0.5) is 5.69 Å². The minimum atomic E-state index is -0.397. The molecule has 2 amide bonds. The average molecular weight is 305 g/mol. The molecule has 0 spiro atoms. The van der Waals surface area contributed by atoms with Crippen LogP contribution in [0.2, 0.25) is 0 Å². The second-order valence-electron chi connectivity index (χ2n) is 5.45. The van der Waals surface area contributed by atoms with Crippen molar-refractivity contribution >= 4 is 29.3 Å². The molecule has 112 valence electrons. The van der Waals surface area contributed by atoms with Crippen molar-refractivity contribution in [2.45, 2.75) is 25.4 Å². The summed E-state index contributed by atoms with van der Waals surface area (Å²) in [7, 11) is 0. The zero-order chi connectivity index (χ0) is 14.8. The number of amides is 2. The molecular formula is C15H19N3O2S. The fourth-order valence-electron chi connectivity index (χ4n) is 2.63. The first-order valence-electron chi connectivity index (χ1n) is 7.15. The van der Waals surface area contributed by atoms with Gasteiger partial charge in [-0.3, -0.25) is 14.9 Å². The van der Waals surface area contributed by atoms with Crippen LogP contribution >= 0.6 is 11.8 Å². The molecule has 0 aliphatic carbocycles. The summed E-state index contributed by atoms with van der Waals surface area (Å²) in [5.74, 6) is 1.49. The number of aryl methyl sites for hydroxylation is 1. The molecule has 0 saturated carbocycles. The number of carbonyl (C=O) groups excluding carboxylic acids is 2. The molecule has 2 unspecified atom stereocenters. The summed E-state index contributed by atoms with van der Waals surface area (Å²) >= 11 is 1.70. The minimum Gasteiger partial charge on any atom is -0.343 e. The second-order valence-corrected chi connectivity index (χ2v) is 6.48. The second kappa shape index (κ2) is 6.07. The van der Waals surface area contributed by atoms with Crippen molar-refractivity contribution in [3.8, 4) is 0 Å². The Labute approximate surface area is 128 Å². The molecule has 0 radical (unpaired) electrons. The maximum atomic E-state index is 12.4. The van der Waals surface area contributed by atoms with E-state index in [1.165, 1.54) is 5.56 Å². The summed E-state index contributed by atoms with van der Waals surface area (Å²) in [6, 6.07) is 7.32. The highest BCUT2D eigenvalue weighted by atomic mass is 32.2. The van der Waals surface area contributed by atoms with Gasteiger partial charge >= 0.3 is 0 Å². The lowest BCUT2D eigenvalue weighted by Crippen LogP contribution is -2.49. The Morgan fingerprint density at radius 1 is 1.38 bits per heavy atom. The molecule has 2 N–H and O–H groups in total. The van der Waals surface area contributed by atoms with Gasteiger partial charge in [-0.1, -0.05) is 17.7 Å². The van der Waals surface area contributed by atoms with Crippen molar-refractivity contribution in [2.75, 3.05) is 23.1 Å². The zero-order valence-electron chi connectivity index (χ0n) is 12.0. The molecular weight excluding hydrogens is 286 g/mol. The number of anilines is 1. The Morgan fingerprint density at radius 2 is 2.14 bits per heavy atom. The molecule has 2 aliphatic heterocycles. The highest BCUT2D eigenvalue weighted by molar-refractivity contribution is 7.99. The van der Waals surface area contributed by atoms with Gasteiger partial charge in [-0.05, 0) is 25.5 Å². The molecule has 2 atom stereocenters. The molecule has 1 aromatic rings. The van der Waals surface area contributed by atoms with Crippen molar-refractivity contribution in [3.05, 3.63) is 29.8 Å². The number of carbonyl (C=O) groups is 2. The van der Waals surface area contributed by atoms with E-state index in [1.807, 2.05) is 31.2 Å². The first-order valence-corrected chi connectivity index (χ1v) is 8.30. The normalized spacial score (nSPS) is 25.4. The summed E-state index contributed by atoms with van der Waals surface area (Å²) in [6.45, 7) is 2.67. The van der Waals surface area contributed by atoms with Gasteiger partial charge in [0.25, 0.3) is 0 Å². The van der Waals surface area contributed by atoms with Crippen molar-refractivity contribution in [2.24, 2.45) is 0 Å². The molecule has 2 saturated heterocycles. The molecule has 6 heteroatoms. The predicted molar refractivity (Wildman–Crippen MR) is 84.3 cm³/mol. The van der Waals surface area contributed by atoms with Gasteiger partial charge < -0.3 is 10.2 Å². The highest BCUT2D eigenvalue weighted by Crippen LogP contribution is 2.22. The van der Waals surface area contributed by atoms with E-state index in [-0.39, 0.29) is 17.9 Å². The van der Waals surface area contributed by atoms with E-state index >= 15 is 0 Å². The first kappa shape index (κ1) is 14.4. The number of nitrogens with zero attached hydrogens (tertiary/aromatic N) is 1. The third-order valence-corrected chi connectivity index (χ3v) is 4.84. The van der Waals surface area contributed by atoms with Crippen molar-refractivity contribution in [1.29, 1.82) is 0 Å². The summed E-state index contributed by atoms with van der Waals surface area (Å²) in [6.07, 6.45) is 0.665. The Bertz CT molecular complexity index is 540. The van der Waals surface area contributed by atoms with Crippen LogP contribution in [-0.4, -0.2) is 42.1 Å². The van der Waals surface area contributed by atoms with E-state index < -0.39 is 6.04 Å². The van der Waals surface area contributed by atoms with Crippen LogP contribution in [0.25, 0.3) is 0 Å². The van der Waals surface area contributed by atoms with Crippen LogP contribution in [0.1, 0.15) is 12.0 Å². The maximum absolute atomic E-state index is 12.4. The fourth-order valence-corrected chi connectivity index (χ4v) is 3.57. The first-order chi connectivity index (χ1) is 10.1. The average Bonchev–Trinajstić information content (AvgIpc) is 3.11. The SMILES string of the molecule is Cc1ccc(N2CCC(NC(=O)C3CSCN3)C2=O)cc1. The van der Waals surface area contributed by atoms with Crippen LogP contribution in [0.5, 0.6) is 0 Å². The summed E-state index contributed by atoms with van der Waals surface area (Å²) in [4.78, 5) is 26.3. The summed E-state index contributed by atoms with van der Waals surface area (Å²) < 4.78 is 0. The van der Waals surface area contributed by atoms with E-state index in [4.69, 9.17) is 0 Å². The maximum Gasteiger partial charge on any atom is 0.249 e. The zero-order valence-corrected chi connectivity index (χ0v) is 12.8. The van der Waals surface area contributed by atoms with E-state index in [0.29, 0.717) is 13.0 Å². The lowest BCUT2D eigenvalue weighted by molar-refractivity contribution is -0.127. The number of thioether (sulfide) groups is 1. The smallest absolute Gasteiger partial charge is 0.249 e. The fraction of sp³-hybridized carbons (Fsp3) is 0.467. The van der Waals surface area contributed by atoms with Crippen LogP contribution < -0.4 is 15.5 Å². The largest absolute Gasteiger partial charge is 0.343 e. The Hall–Kier alpha value is -1.53. The summed E-state index contributed by atoms with van der Waals surface area (Å²) in [5, 5.41) is 6.00. The van der Waals surface area contributed by atoms with Gasteiger partial charge in [-0.2, -0.15) is 0 Å². The van der Waals surface area contributed by atoms with Crippen LogP contribution in [0.3, 0.4) is 0 Å². The monoisotopic (exact) mass is 305 g/mol. The molecule has 2 heterocycles. The lowest BCUT2D eigenvalue weighted by Gasteiger charge is -2.18. The molecule has 0 aromatic heterocycles. The van der Waals surface area contributed by atoms with Crippen LogP contribution in [-0.2, 0) is 9.59 Å². The molecule has 0 bridgehead atoms. The van der Waals surface area contributed by atoms with E-state index in [0.717, 1.165) is 17.3 Å². The molecule has 21 heavy (non-hydrogen) atoms. The Morgan fingerprint density at radius 3 is 2.81 bits per heavy atom. The Balaban J connectivity index is 1.63. The Kier molecular flexibility index (Phi) is 4.17. The van der Waals surface area contributed by atoms with Gasteiger partial charge in [0.15, 0.2) is 0 Å². The van der Waals surface area contributed by atoms with Gasteiger partial charge in [-0.25, -0.2) is 0 Å². The predicted octanol–water partition coefficient (Wildman–Crippen LogP) is 0.879. The minimum absolute atomic E-state index is 0.0159. The molecule has 2 fully saturated rings. The summed E-state index contributed by atoms with van der Waals surface area (Å²) in [5.41, 5.74) is 2.07. The van der Waals surface area contributed by atoms with Gasteiger partial charge in [0.05, 0.1) is 6.04 Å². The highest BCUT2D eigenvalue weighted by Gasteiger charge is 2.35. The van der Waals surface area contributed by atoms with Crippen molar-refractivity contribution < 1.29 is 9.59 Å². The standard InChI is InChI=1S/C15H19N3O2S/c1-10-2-4-11(5-3-10)18-7-6-12(15(18)20)17-14(19)13-8-21-9-16-13/h2-5,12-13,16H,6-9H2,1H3,(H,17,19). The third kappa shape index (κ3) is 3.06. The van der Waals surface area contributed by atoms with Gasteiger partial charge in [0.1, 0.15) is 6.04 Å². The van der Waals surface area contributed by atoms with Crippen molar-refractivity contribution in [1.82, 2.24) is 10.6 Å². The lowest BCUT2D eigenvalue weighted by atomic mass is 10.2. The van der Waals surface area contributed by atoms with E-state index in [2.05, 4.69) is 10.6 Å². The van der Waals surface area contributed by atoms with E-state index in [1.54, 1.807) is 16.7 Å². The quantitative estimate of drug-likeness (QED) is 0.870.